The average Bonchev–Trinajstić information content (AvgIpc) is 3.32. The van der Waals surface area contributed by atoms with E-state index in [0.29, 0.717) is 27.2 Å². The van der Waals surface area contributed by atoms with Crippen LogP contribution < -0.4 is 4.73 Å². The molecule has 0 spiro atoms. The first-order valence-electron chi connectivity index (χ1n) is 8.04. The summed E-state index contributed by atoms with van der Waals surface area (Å²) >= 11 is 6.07. The molecule has 1 aromatic carbocycles. The Morgan fingerprint density at radius 1 is 1.48 bits per heavy atom. The first-order chi connectivity index (χ1) is 13.0. The van der Waals surface area contributed by atoms with E-state index in [-0.39, 0.29) is 40.3 Å². The molecule has 0 fully saturated rings. The largest absolute Gasteiger partial charge is 0.618 e. The van der Waals surface area contributed by atoms with Gasteiger partial charge in [-0.15, -0.1) is 0 Å². The lowest BCUT2D eigenvalue weighted by molar-refractivity contribution is -0.583. The van der Waals surface area contributed by atoms with Gasteiger partial charge >= 0.3 is 0 Å². The second kappa shape index (κ2) is 6.19. The fourth-order valence-corrected chi connectivity index (χ4v) is 3.17. The van der Waals surface area contributed by atoms with Crippen LogP contribution in [0, 0.1) is 23.5 Å². The number of halogens is 1. The van der Waals surface area contributed by atoms with Crippen molar-refractivity contribution >= 4 is 28.2 Å². The molecule has 10 heteroatoms. The number of nitriles is 1. The van der Waals surface area contributed by atoms with Gasteiger partial charge < -0.3 is 14.8 Å². The quantitative estimate of drug-likeness (QED) is 0.423. The molecule has 0 aliphatic rings. The third-order valence-electron chi connectivity index (χ3n) is 4.44. The summed E-state index contributed by atoms with van der Waals surface area (Å²) in [5, 5.41) is 35.6. The molecule has 0 aliphatic heterocycles. The fourth-order valence-electron chi connectivity index (χ4n) is 2.98. The normalized spacial score (nSPS) is 12.6. The van der Waals surface area contributed by atoms with Gasteiger partial charge in [-0.2, -0.15) is 15.0 Å². The minimum Gasteiger partial charge on any atom is -0.618 e. The molecule has 0 saturated carbocycles. The Hall–Kier alpha value is -3.22. The molecular weight excluding hydrogens is 372 g/mol. The van der Waals surface area contributed by atoms with Crippen LogP contribution in [0.5, 0.6) is 0 Å². The molecule has 0 amide bonds. The lowest BCUT2D eigenvalue weighted by Gasteiger charge is -2.10. The topological polar surface area (TPSA) is 127 Å². The molecule has 3 heterocycles. The Morgan fingerprint density at radius 2 is 2.26 bits per heavy atom. The van der Waals surface area contributed by atoms with Crippen molar-refractivity contribution in [1.82, 2.24) is 19.5 Å². The number of fused-ring (bicyclic) bond motifs is 3. The summed E-state index contributed by atoms with van der Waals surface area (Å²) in [6.45, 7) is 3.24. The number of imidazole rings is 1. The highest BCUT2D eigenvalue weighted by Crippen LogP contribution is 2.29. The minimum absolute atomic E-state index is 0.100. The number of aromatic nitrogens is 5. The lowest BCUT2D eigenvalue weighted by atomic mass is 10.1. The standard InChI is InChI=1S/C17H13ClN6O3/c1-8(6-25)17-21-16(22-27-17)13-14-9(2)24(26)15-10(5-19)11(18)3-4-12(15)23(14)7-20-13/h3-4,7-8,25H,6H2,1-2H3. The van der Waals surface area contributed by atoms with Crippen LogP contribution in [0.2, 0.25) is 5.02 Å². The highest BCUT2D eigenvalue weighted by atomic mass is 35.5. The summed E-state index contributed by atoms with van der Waals surface area (Å²) < 4.78 is 7.54. The first-order valence-corrected chi connectivity index (χ1v) is 8.42. The molecule has 0 saturated heterocycles. The summed E-state index contributed by atoms with van der Waals surface area (Å²) in [5.74, 6) is 0.178. The van der Waals surface area contributed by atoms with Crippen LogP contribution in [0.15, 0.2) is 23.0 Å². The summed E-state index contributed by atoms with van der Waals surface area (Å²) in [6.07, 6.45) is 1.53. The van der Waals surface area contributed by atoms with Crippen molar-refractivity contribution in [2.75, 3.05) is 6.61 Å². The zero-order chi connectivity index (χ0) is 19.3. The molecular formula is C17H13ClN6O3. The van der Waals surface area contributed by atoms with E-state index in [9.17, 15) is 15.6 Å². The average molecular weight is 385 g/mol. The number of benzene rings is 1. The van der Waals surface area contributed by atoms with Gasteiger partial charge in [0.15, 0.2) is 0 Å². The summed E-state index contributed by atoms with van der Waals surface area (Å²) in [5.41, 5.74) is 1.93. The molecule has 1 atom stereocenters. The number of rotatable bonds is 3. The van der Waals surface area contributed by atoms with E-state index in [4.69, 9.17) is 16.1 Å². The molecule has 9 nitrogen and oxygen atoms in total. The van der Waals surface area contributed by atoms with Crippen LogP contribution in [-0.4, -0.2) is 31.2 Å². The van der Waals surface area contributed by atoms with Gasteiger partial charge in [0.05, 0.1) is 17.5 Å². The van der Waals surface area contributed by atoms with E-state index in [1.54, 1.807) is 30.4 Å². The van der Waals surface area contributed by atoms with Crippen molar-refractivity contribution in [2.45, 2.75) is 19.8 Å². The van der Waals surface area contributed by atoms with E-state index >= 15 is 0 Å². The first kappa shape index (κ1) is 17.2. The zero-order valence-corrected chi connectivity index (χ0v) is 15.1. The van der Waals surface area contributed by atoms with Gasteiger partial charge in [-0.05, 0) is 12.1 Å². The van der Waals surface area contributed by atoms with Gasteiger partial charge in [-0.25, -0.2) is 4.98 Å². The molecule has 4 rings (SSSR count). The maximum Gasteiger partial charge on any atom is 0.260 e. The van der Waals surface area contributed by atoms with Crippen molar-refractivity contribution in [3.05, 3.63) is 45.8 Å². The van der Waals surface area contributed by atoms with Gasteiger partial charge in [-0.1, -0.05) is 23.7 Å². The molecule has 0 aliphatic carbocycles. The van der Waals surface area contributed by atoms with Crippen LogP contribution in [0.3, 0.4) is 0 Å². The summed E-state index contributed by atoms with van der Waals surface area (Å²) in [6, 6.07) is 5.20. The smallest absolute Gasteiger partial charge is 0.260 e. The van der Waals surface area contributed by atoms with Crippen LogP contribution in [0.25, 0.3) is 28.1 Å². The molecule has 0 radical (unpaired) electrons. The number of hydrogen-bond donors (Lipinski definition) is 1. The SMILES string of the molecule is Cc1c2c(-c3noc(C(C)CO)n3)ncn2c2ccc(Cl)c(C#N)c2[n+]1[O-]. The van der Waals surface area contributed by atoms with E-state index in [1.165, 1.54) is 6.33 Å². The van der Waals surface area contributed by atoms with Crippen LogP contribution in [0.4, 0.5) is 0 Å². The lowest BCUT2D eigenvalue weighted by Crippen LogP contribution is -2.33. The third-order valence-corrected chi connectivity index (χ3v) is 4.76. The molecule has 1 unspecified atom stereocenters. The number of aliphatic hydroxyl groups excluding tert-OH is 1. The Labute approximate surface area is 157 Å². The number of hydrogen-bond acceptors (Lipinski definition) is 7. The van der Waals surface area contributed by atoms with Crippen LogP contribution >= 0.6 is 11.6 Å². The van der Waals surface area contributed by atoms with Gasteiger partial charge in [-0.3, -0.25) is 4.40 Å². The van der Waals surface area contributed by atoms with Gasteiger partial charge in [0.25, 0.3) is 5.52 Å². The van der Waals surface area contributed by atoms with Gasteiger partial charge in [0, 0.05) is 6.92 Å². The number of aryl methyl sites for hydroxylation is 1. The Morgan fingerprint density at radius 3 is 2.96 bits per heavy atom. The third kappa shape index (κ3) is 2.42. The van der Waals surface area contributed by atoms with E-state index in [2.05, 4.69) is 15.1 Å². The predicted octanol–water partition coefficient (Wildman–Crippen LogP) is 2.10. The molecule has 136 valence electrons. The number of nitrogens with zero attached hydrogens (tertiary/aromatic N) is 6. The molecule has 3 aromatic heterocycles. The van der Waals surface area contributed by atoms with Crippen molar-refractivity contribution < 1.29 is 14.4 Å². The van der Waals surface area contributed by atoms with Crippen molar-refractivity contribution in [3.8, 4) is 17.6 Å². The molecule has 1 N–H and O–H groups in total. The molecule has 4 aromatic rings. The molecule has 27 heavy (non-hydrogen) atoms. The Bertz CT molecular complexity index is 1240. The number of aliphatic hydroxyl groups is 1. The summed E-state index contributed by atoms with van der Waals surface area (Å²) in [4.78, 5) is 8.62. The second-order valence-corrected chi connectivity index (χ2v) is 6.54. The van der Waals surface area contributed by atoms with Crippen LogP contribution in [-0.2, 0) is 0 Å². The highest BCUT2D eigenvalue weighted by Gasteiger charge is 2.26. The van der Waals surface area contributed by atoms with E-state index in [1.807, 2.05) is 6.07 Å². The maximum atomic E-state index is 12.9. The van der Waals surface area contributed by atoms with Crippen molar-refractivity contribution in [2.24, 2.45) is 0 Å². The maximum absolute atomic E-state index is 12.9. The minimum atomic E-state index is -0.313. The summed E-state index contributed by atoms with van der Waals surface area (Å²) in [7, 11) is 0. The second-order valence-electron chi connectivity index (χ2n) is 6.13. The fraction of sp³-hybridized carbons (Fsp3) is 0.235. The Kier molecular flexibility index (Phi) is 3.95. The Balaban J connectivity index is 2.04. The molecule has 0 bridgehead atoms. The van der Waals surface area contributed by atoms with Gasteiger partial charge in [0.1, 0.15) is 34.7 Å². The monoisotopic (exact) mass is 384 g/mol. The van der Waals surface area contributed by atoms with Gasteiger partial charge in [0.2, 0.25) is 17.4 Å². The van der Waals surface area contributed by atoms with E-state index in [0.717, 1.165) is 0 Å². The van der Waals surface area contributed by atoms with E-state index < -0.39 is 0 Å². The van der Waals surface area contributed by atoms with Crippen molar-refractivity contribution in [1.29, 1.82) is 5.26 Å². The zero-order valence-electron chi connectivity index (χ0n) is 14.3. The van der Waals surface area contributed by atoms with Crippen LogP contribution in [0.1, 0.15) is 30.0 Å². The van der Waals surface area contributed by atoms with Crippen molar-refractivity contribution in [3.63, 3.8) is 0 Å². The highest BCUT2D eigenvalue weighted by molar-refractivity contribution is 6.32. The predicted molar refractivity (Wildman–Crippen MR) is 94.9 cm³/mol.